The number of nitro groups is 1. The number of piperidine rings is 1. The summed E-state index contributed by atoms with van der Waals surface area (Å²) in [6.07, 6.45) is 2.36. The molecule has 2 heterocycles. The van der Waals surface area contributed by atoms with Crippen molar-refractivity contribution in [2.75, 3.05) is 13.7 Å². The van der Waals surface area contributed by atoms with Gasteiger partial charge in [0.2, 0.25) is 0 Å². The fourth-order valence-electron chi connectivity index (χ4n) is 4.78. The number of ether oxygens (including phenoxy) is 2. The van der Waals surface area contributed by atoms with Crippen LogP contribution in [-0.2, 0) is 20.7 Å². The molecule has 0 N–H and O–H groups in total. The SMILES string of the molecule is CN1[C@H]2CC[C@@H]1[C@@H](C(=O)OCCc1ccc([N+](=O)[O-])cc1)[C@@H](OC(=O)c1ccccc1)C2. The molecule has 0 spiro atoms. The Balaban J connectivity index is 1.40. The lowest BCUT2D eigenvalue weighted by atomic mass is 9.87. The van der Waals surface area contributed by atoms with E-state index in [1.165, 1.54) is 12.1 Å². The second kappa shape index (κ2) is 9.48. The van der Waals surface area contributed by atoms with Gasteiger partial charge in [0, 0.05) is 37.1 Å². The predicted octanol–water partition coefficient (Wildman–Crippen LogP) is 3.39. The molecule has 0 unspecified atom stereocenters. The lowest BCUT2D eigenvalue weighted by Gasteiger charge is -2.40. The number of benzene rings is 2. The molecule has 8 nitrogen and oxygen atoms in total. The lowest BCUT2D eigenvalue weighted by Crippen LogP contribution is -2.53. The van der Waals surface area contributed by atoms with Crippen LogP contribution in [0.4, 0.5) is 5.69 Å². The minimum atomic E-state index is -0.539. The van der Waals surface area contributed by atoms with Gasteiger partial charge in [0.25, 0.3) is 5.69 Å². The molecule has 2 aromatic rings. The van der Waals surface area contributed by atoms with E-state index in [2.05, 4.69) is 4.90 Å². The fourth-order valence-corrected chi connectivity index (χ4v) is 4.78. The smallest absolute Gasteiger partial charge is 0.338 e. The molecule has 4 rings (SSSR count). The number of nitro benzene ring substituents is 1. The zero-order valence-corrected chi connectivity index (χ0v) is 17.9. The Morgan fingerprint density at radius 2 is 1.81 bits per heavy atom. The van der Waals surface area contributed by atoms with E-state index >= 15 is 0 Å². The Morgan fingerprint density at radius 3 is 2.50 bits per heavy atom. The first-order valence-corrected chi connectivity index (χ1v) is 10.8. The number of esters is 2. The van der Waals surface area contributed by atoms with Crippen LogP contribution in [0.15, 0.2) is 54.6 Å². The van der Waals surface area contributed by atoms with Crippen molar-refractivity contribution in [1.29, 1.82) is 0 Å². The van der Waals surface area contributed by atoms with Crippen molar-refractivity contribution in [1.82, 2.24) is 4.90 Å². The van der Waals surface area contributed by atoms with Crippen molar-refractivity contribution in [2.45, 2.75) is 43.9 Å². The van der Waals surface area contributed by atoms with E-state index in [1.807, 2.05) is 13.1 Å². The Labute approximate surface area is 186 Å². The summed E-state index contributed by atoms with van der Waals surface area (Å²) >= 11 is 0. The standard InChI is InChI=1S/C24H26N2O6/c1-25-19-11-12-20(25)22(21(15-19)32-23(27)17-5-3-2-4-6-17)24(28)31-14-13-16-7-9-18(10-8-16)26(29)30/h2-10,19-22H,11-15H2,1H3/t19-,20+,21-,22+/m0/s1. The van der Waals surface area contributed by atoms with Gasteiger partial charge in [-0.2, -0.15) is 0 Å². The highest BCUT2D eigenvalue weighted by Crippen LogP contribution is 2.40. The highest BCUT2D eigenvalue weighted by molar-refractivity contribution is 5.89. The first kappa shape index (κ1) is 22.0. The second-order valence-electron chi connectivity index (χ2n) is 8.38. The molecule has 2 saturated heterocycles. The van der Waals surface area contributed by atoms with Crippen molar-refractivity contribution in [2.24, 2.45) is 5.92 Å². The summed E-state index contributed by atoms with van der Waals surface area (Å²) in [5, 5.41) is 10.8. The van der Waals surface area contributed by atoms with Crippen LogP contribution in [0.5, 0.6) is 0 Å². The summed E-state index contributed by atoms with van der Waals surface area (Å²) in [4.78, 5) is 38.2. The molecule has 168 valence electrons. The van der Waals surface area contributed by atoms with E-state index in [1.54, 1.807) is 36.4 Å². The molecule has 0 radical (unpaired) electrons. The summed E-state index contributed by atoms with van der Waals surface area (Å²) in [7, 11) is 2.01. The molecule has 0 saturated carbocycles. The number of nitrogens with zero attached hydrogens (tertiary/aromatic N) is 2. The lowest BCUT2D eigenvalue weighted by molar-refractivity contribution is -0.384. The van der Waals surface area contributed by atoms with Crippen LogP contribution in [0.2, 0.25) is 0 Å². The Kier molecular flexibility index (Phi) is 6.50. The molecule has 0 aromatic heterocycles. The van der Waals surface area contributed by atoms with Crippen molar-refractivity contribution in [3.8, 4) is 0 Å². The van der Waals surface area contributed by atoms with Gasteiger partial charge in [-0.05, 0) is 37.6 Å². The van der Waals surface area contributed by atoms with E-state index < -0.39 is 22.9 Å². The molecule has 8 heteroatoms. The third-order valence-electron chi connectivity index (χ3n) is 6.54. The zero-order chi connectivity index (χ0) is 22.7. The monoisotopic (exact) mass is 438 g/mol. The molecule has 2 aliphatic heterocycles. The Bertz CT molecular complexity index is 978. The Morgan fingerprint density at radius 1 is 1.09 bits per heavy atom. The normalized spacial score (nSPS) is 24.7. The number of non-ortho nitro benzene ring substituents is 1. The second-order valence-corrected chi connectivity index (χ2v) is 8.38. The largest absolute Gasteiger partial charge is 0.465 e. The van der Waals surface area contributed by atoms with Gasteiger partial charge in [-0.15, -0.1) is 0 Å². The van der Waals surface area contributed by atoms with E-state index in [9.17, 15) is 19.7 Å². The van der Waals surface area contributed by atoms with Crippen LogP contribution in [0.25, 0.3) is 0 Å². The minimum Gasteiger partial charge on any atom is -0.465 e. The van der Waals surface area contributed by atoms with E-state index in [-0.39, 0.29) is 30.3 Å². The van der Waals surface area contributed by atoms with E-state index in [0.717, 1.165) is 18.4 Å². The fraction of sp³-hybridized carbons (Fsp3) is 0.417. The number of carbonyl (C=O) groups excluding carboxylic acids is 2. The maximum absolute atomic E-state index is 13.1. The number of fused-ring (bicyclic) bond motifs is 2. The highest BCUT2D eigenvalue weighted by Gasteiger charge is 2.51. The third-order valence-corrected chi connectivity index (χ3v) is 6.54. The minimum absolute atomic E-state index is 0.0193. The number of rotatable bonds is 7. The average Bonchev–Trinajstić information content (AvgIpc) is 3.03. The van der Waals surface area contributed by atoms with Gasteiger partial charge in [-0.25, -0.2) is 4.79 Å². The molecule has 0 amide bonds. The van der Waals surface area contributed by atoms with Crippen molar-refractivity contribution in [3.63, 3.8) is 0 Å². The predicted molar refractivity (Wildman–Crippen MR) is 116 cm³/mol. The molecule has 32 heavy (non-hydrogen) atoms. The molecular formula is C24H26N2O6. The summed E-state index contributed by atoms with van der Waals surface area (Å²) in [5.74, 6) is -1.33. The molecule has 2 bridgehead atoms. The van der Waals surface area contributed by atoms with Crippen LogP contribution >= 0.6 is 0 Å². The molecule has 2 aliphatic rings. The topological polar surface area (TPSA) is 99.0 Å². The summed E-state index contributed by atoms with van der Waals surface area (Å²) < 4.78 is 11.4. The van der Waals surface area contributed by atoms with Crippen LogP contribution in [0, 0.1) is 16.0 Å². The van der Waals surface area contributed by atoms with Gasteiger partial charge in [-0.3, -0.25) is 19.8 Å². The van der Waals surface area contributed by atoms with E-state index in [0.29, 0.717) is 18.4 Å². The average molecular weight is 438 g/mol. The van der Waals surface area contributed by atoms with Gasteiger partial charge >= 0.3 is 11.9 Å². The summed E-state index contributed by atoms with van der Waals surface area (Å²) in [5.41, 5.74) is 1.33. The van der Waals surface area contributed by atoms with Crippen LogP contribution in [0.3, 0.4) is 0 Å². The molecule has 0 aliphatic carbocycles. The van der Waals surface area contributed by atoms with Crippen molar-refractivity contribution in [3.05, 3.63) is 75.8 Å². The van der Waals surface area contributed by atoms with Gasteiger partial charge in [0.05, 0.1) is 17.1 Å². The maximum atomic E-state index is 13.1. The van der Waals surface area contributed by atoms with Crippen LogP contribution in [0.1, 0.15) is 35.2 Å². The van der Waals surface area contributed by atoms with Crippen LogP contribution in [-0.4, -0.2) is 53.6 Å². The molecule has 4 atom stereocenters. The van der Waals surface area contributed by atoms with Crippen molar-refractivity contribution >= 4 is 17.6 Å². The number of carbonyl (C=O) groups is 2. The molecule has 2 fully saturated rings. The van der Waals surface area contributed by atoms with Crippen molar-refractivity contribution < 1.29 is 24.0 Å². The summed E-state index contributed by atoms with van der Waals surface area (Å²) in [6, 6.07) is 15.2. The number of hydrogen-bond donors (Lipinski definition) is 0. The summed E-state index contributed by atoms with van der Waals surface area (Å²) in [6.45, 7) is 0.159. The Hall–Kier alpha value is -3.26. The maximum Gasteiger partial charge on any atom is 0.338 e. The van der Waals surface area contributed by atoms with Gasteiger partial charge in [0.1, 0.15) is 12.0 Å². The van der Waals surface area contributed by atoms with E-state index in [4.69, 9.17) is 9.47 Å². The number of hydrogen-bond acceptors (Lipinski definition) is 7. The van der Waals surface area contributed by atoms with Gasteiger partial charge in [0.15, 0.2) is 0 Å². The molecule has 2 aromatic carbocycles. The first-order chi connectivity index (χ1) is 15.4. The van der Waals surface area contributed by atoms with Gasteiger partial charge in [-0.1, -0.05) is 30.3 Å². The molecular weight excluding hydrogens is 412 g/mol. The zero-order valence-electron chi connectivity index (χ0n) is 17.9. The van der Waals surface area contributed by atoms with Gasteiger partial charge < -0.3 is 9.47 Å². The highest BCUT2D eigenvalue weighted by atomic mass is 16.6. The third kappa shape index (κ3) is 4.65. The van der Waals surface area contributed by atoms with Crippen LogP contribution < -0.4 is 0 Å². The first-order valence-electron chi connectivity index (χ1n) is 10.8. The quantitative estimate of drug-likeness (QED) is 0.371.